The average molecular weight is 425 g/mol. The Morgan fingerprint density at radius 2 is 1.86 bits per heavy atom. The Labute approximate surface area is 167 Å². The highest BCUT2D eigenvalue weighted by Gasteiger charge is 2.36. The summed E-state index contributed by atoms with van der Waals surface area (Å²) in [5, 5.41) is 3.43. The van der Waals surface area contributed by atoms with Crippen LogP contribution in [0.1, 0.15) is 0 Å². The molecule has 2 aliphatic rings. The number of hydrogen-bond acceptors (Lipinski definition) is 5. The van der Waals surface area contributed by atoms with E-state index in [2.05, 4.69) is 14.9 Å². The minimum atomic E-state index is -3.90. The minimum absolute atomic E-state index is 0.0784. The highest BCUT2D eigenvalue weighted by atomic mass is 35.5. The maximum Gasteiger partial charge on any atom is 0.261 e. The zero-order valence-corrected chi connectivity index (χ0v) is 16.3. The zero-order chi connectivity index (χ0) is 19.9. The molecule has 0 bridgehead atoms. The van der Waals surface area contributed by atoms with Crippen LogP contribution < -0.4 is 14.9 Å². The van der Waals surface area contributed by atoms with Crippen molar-refractivity contribution in [3.63, 3.8) is 0 Å². The number of anilines is 2. The van der Waals surface area contributed by atoms with Gasteiger partial charge in [0.2, 0.25) is 10.0 Å². The second-order valence-corrected chi connectivity index (χ2v) is 8.75. The van der Waals surface area contributed by atoms with Crippen LogP contribution in [0.25, 0.3) is 0 Å². The van der Waals surface area contributed by atoms with Crippen LogP contribution in [-0.4, -0.2) is 51.6 Å². The van der Waals surface area contributed by atoms with Gasteiger partial charge in [0.1, 0.15) is 10.7 Å². The molecule has 2 aromatic rings. The molecule has 1 unspecified atom stereocenters. The molecule has 10 heteroatoms. The molecule has 2 heterocycles. The van der Waals surface area contributed by atoms with E-state index in [1.54, 1.807) is 11.0 Å². The number of carbonyl (C=O) groups excluding carboxylic acids is 1. The first kappa shape index (κ1) is 19.0. The summed E-state index contributed by atoms with van der Waals surface area (Å²) in [4.78, 5) is 16.5. The maximum atomic E-state index is 13.5. The summed E-state index contributed by atoms with van der Waals surface area (Å²) in [5.41, 5.74) is 1.05. The van der Waals surface area contributed by atoms with E-state index in [-0.39, 0.29) is 10.6 Å². The predicted molar refractivity (Wildman–Crippen MR) is 104 cm³/mol. The van der Waals surface area contributed by atoms with Crippen molar-refractivity contribution in [1.82, 2.24) is 9.62 Å². The van der Waals surface area contributed by atoms with E-state index in [0.717, 1.165) is 17.8 Å². The Kier molecular flexibility index (Phi) is 4.90. The Morgan fingerprint density at radius 3 is 2.57 bits per heavy atom. The van der Waals surface area contributed by atoms with E-state index >= 15 is 0 Å². The standard InChI is InChI=1S/C18H18ClFN4O3S/c19-12-2-1-3-14(10-12)23-6-8-24(9-7-23)18(25)17-21-15-11-13(20)4-5-16(15)28(26,27)22-17/h1-5,10-11,17,21-22H,6-9H2. The van der Waals surface area contributed by atoms with Gasteiger partial charge in [0.25, 0.3) is 5.91 Å². The van der Waals surface area contributed by atoms with Gasteiger partial charge in [0.15, 0.2) is 6.17 Å². The summed E-state index contributed by atoms with van der Waals surface area (Å²) >= 11 is 6.03. The topological polar surface area (TPSA) is 81.7 Å². The Bertz CT molecular complexity index is 1030. The van der Waals surface area contributed by atoms with Crippen molar-refractivity contribution < 1.29 is 17.6 Å². The fourth-order valence-electron chi connectivity index (χ4n) is 3.41. The lowest BCUT2D eigenvalue weighted by molar-refractivity contribution is -0.132. The summed E-state index contributed by atoms with van der Waals surface area (Å²) in [5.74, 6) is -0.978. The third kappa shape index (κ3) is 3.65. The fourth-order valence-corrected chi connectivity index (χ4v) is 4.84. The molecule has 7 nitrogen and oxygen atoms in total. The number of nitrogens with one attached hydrogen (secondary N) is 2. The van der Waals surface area contributed by atoms with Gasteiger partial charge >= 0.3 is 0 Å². The number of sulfonamides is 1. The third-order valence-electron chi connectivity index (χ3n) is 4.82. The van der Waals surface area contributed by atoms with Crippen molar-refractivity contribution in [1.29, 1.82) is 0 Å². The van der Waals surface area contributed by atoms with Crippen molar-refractivity contribution >= 4 is 38.9 Å². The fraction of sp³-hybridized carbons (Fsp3) is 0.278. The van der Waals surface area contributed by atoms with E-state index < -0.39 is 27.9 Å². The summed E-state index contributed by atoms with van der Waals surface area (Å²) in [6, 6.07) is 10.8. The van der Waals surface area contributed by atoms with E-state index in [9.17, 15) is 17.6 Å². The van der Waals surface area contributed by atoms with Crippen LogP contribution in [0.3, 0.4) is 0 Å². The molecular weight excluding hydrogens is 407 g/mol. The highest BCUT2D eigenvalue weighted by molar-refractivity contribution is 7.89. The van der Waals surface area contributed by atoms with Crippen LogP contribution in [0, 0.1) is 5.82 Å². The Balaban J connectivity index is 1.46. The molecule has 0 spiro atoms. The first-order chi connectivity index (χ1) is 13.3. The van der Waals surface area contributed by atoms with Gasteiger partial charge in [0, 0.05) is 36.9 Å². The third-order valence-corrected chi connectivity index (χ3v) is 6.53. The second-order valence-electron chi connectivity index (χ2n) is 6.63. The van der Waals surface area contributed by atoms with Crippen molar-refractivity contribution in [2.24, 2.45) is 0 Å². The number of benzene rings is 2. The summed E-state index contributed by atoms with van der Waals surface area (Å²) in [6.07, 6.45) is -1.17. The lowest BCUT2D eigenvalue weighted by Crippen LogP contribution is -2.58. The molecule has 148 valence electrons. The number of hydrogen-bond donors (Lipinski definition) is 2. The number of halogens is 2. The second kappa shape index (κ2) is 7.23. The van der Waals surface area contributed by atoms with Crippen LogP contribution in [0.5, 0.6) is 0 Å². The van der Waals surface area contributed by atoms with E-state index in [1.165, 1.54) is 6.07 Å². The number of carbonyl (C=O) groups is 1. The maximum absolute atomic E-state index is 13.5. The van der Waals surface area contributed by atoms with Gasteiger partial charge in [-0.3, -0.25) is 4.79 Å². The molecule has 1 fully saturated rings. The van der Waals surface area contributed by atoms with Crippen LogP contribution in [0.4, 0.5) is 15.8 Å². The molecule has 0 radical (unpaired) electrons. The molecule has 1 amide bonds. The van der Waals surface area contributed by atoms with Gasteiger partial charge in [-0.2, -0.15) is 4.72 Å². The van der Waals surface area contributed by atoms with E-state index in [4.69, 9.17) is 11.6 Å². The average Bonchev–Trinajstić information content (AvgIpc) is 2.66. The predicted octanol–water partition coefficient (Wildman–Crippen LogP) is 1.86. The lowest BCUT2D eigenvalue weighted by Gasteiger charge is -2.38. The molecule has 0 aromatic heterocycles. The molecule has 2 aliphatic heterocycles. The molecule has 0 saturated carbocycles. The summed E-state index contributed by atoms with van der Waals surface area (Å²) < 4.78 is 40.6. The van der Waals surface area contributed by atoms with Crippen LogP contribution in [0.2, 0.25) is 5.02 Å². The van der Waals surface area contributed by atoms with Gasteiger partial charge in [-0.1, -0.05) is 17.7 Å². The van der Waals surface area contributed by atoms with Crippen molar-refractivity contribution in [3.8, 4) is 0 Å². The summed E-state index contributed by atoms with van der Waals surface area (Å²) in [7, 11) is -3.90. The molecule has 28 heavy (non-hydrogen) atoms. The normalized spacial score (nSPS) is 21.0. The number of piperazine rings is 1. The first-order valence-corrected chi connectivity index (χ1v) is 10.6. The van der Waals surface area contributed by atoms with Crippen molar-refractivity contribution in [2.75, 3.05) is 36.4 Å². The molecule has 4 rings (SSSR count). The molecule has 2 aromatic carbocycles. The molecule has 0 aliphatic carbocycles. The first-order valence-electron chi connectivity index (χ1n) is 8.71. The SMILES string of the molecule is O=C(C1Nc2cc(F)ccc2S(=O)(=O)N1)N1CCN(c2cccc(Cl)c2)CC1. The van der Waals surface area contributed by atoms with Crippen molar-refractivity contribution in [3.05, 3.63) is 53.3 Å². The largest absolute Gasteiger partial charge is 0.368 e. The van der Waals surface area contributed by atoms with Gasteiger partial charge in [0.05, 0.1) is 5.69 Å². The minimum Gasteiger partial charge on any atom is -0.368 e. The number of amides is 1. The van der Waals surface area contributed by atoms with E-state index in [1.807, 2.05) is 18.2 Å². The lowest BCUT2D eigenvalue weighted by atomic mass is 10.2. The van der Waals surface area contributed by atoms with Gasteiger partial charge in [-0.25, -0.2) is 12.8 Å². The van der Waals surface area contributed by atoms with Crippen LogP contribution in [0.15, 0.2) is 47.4 Å². The Morgan fingerprint density at radius 1 is 1.11 bits per heavy atom. The molecule has 2 N–H and O–H groups in total. The Hall–Kier alpha value is -2.36. The van der Waals surface area contributed by atoms with Crippen molar-refractivity contribution in [2.45, 2.75) is 11.1 Å². The van der Waals surface area contributed by atoms with Crippen LogP contribution >= 0.6 is 11.6 Å². The quantitative estimate of drug-likeness (QED) is 0.769. The summed E-state index contributed by atoms with van der Waals surface area (Å²) in [6.45, 7) is 2.05. The smallest absolute Gasteiger partial charge is 0.261 e. The number of fused-ring (bicyclic) bond motifs is 1. The highest BCUT2D eigenvalue weighted by Crippen LogP contribution is 2.27. The van der Waals surface area contributed by atoms with Crippen LogP contribution in [-0.2, 0) is 14.8 Å². The van der Waals surface area contributed by atoms with Gasteiger partial charge < -0.3 is 15.1 Å². The zero-order valence-electron chi connectivity index (χ0n) is 14.7. The molecule has 1 saturated heterocycles. The number of nitrogens with zero attached hydrogens (tertiary/aromatic N) is 2. The number of rotatable bonds is 2. The van der Waals surface area contributed by atoms with E-state index in [0.29, 0.717) is 31.2 Å². The van der Waals surface area contributed by atoms with Gasteiger partial charge in [-0.15, -0.1) is 0 Å². The molecule has 1 atom stereocenters. The molecular formula is C18H18ClFN4O3S. The van der Waals surface area contributed by atoms with Gasteiger partial charge in [-0.05, 0) is 36.4 Å². The monoisotopic (exact) mass is 424 g/mol.